The van der Waals surface area contributed by atoms with E-state index in [0.717, 1.165) is 23.3 Å². The van der Waals surface area contributed by atoms with Gasteiger partial charge in [-0.1, -0.05) is 43.7 Å². The van der Waals surface area contributed by atoms with Gasteiger partial charge in [-0.2, -0.15) is 0 Å². The summed E-state index contributed by atoms with van der Waals surface area (Å²) in [5.41, 5.74) is 3.81. The Morgan fingerprint density at radius 1 is 1.12 bits per heavy atom. The zero-order valence-corrected chi connectivity index (χ0v) is 14.0. The maximum absolute atomic E-state index is 12.9. The predicted octanol–water partition coefficient (Wildman–Crippen LogP) is 3.60. The van der Waals surface area contributed by atoms with E-state index in [2.05, 4.69) is 46.9 Å². The van der Waals surface area contributed by atoms with E-state index in [-0.39, 0.29) is 17.2 Å². The molecule has 2 aromatic rings. The van der Waals surface area contributed by atoms with Gasteiger partial charge in [-0.3, -0.25) is 4.79 Å². The SMILES string of the molecule is Cc1ccc([C@H]2Nc3nonc3NC3=C2C(=O)CC(C)(C)C3)cc1. The lowest BCUT2D eigenvalue weighted by molar-refractivity contribution is -0.118. The molecule has 0 saturated carbocycles. The number of rotatable bonds is 1. The Hall–Kier alpha value is -2.63. The number of aryl methyl sites for hydroxylation is 1. The normalized spacial score (nSPS) is 22.1. The van der Waals surface area contributed by atoms with Gasteiger partial charge in [-0.25, -0.2) is 4.63 Å². The van der Waals surface area contributed by atoms with Crippen LogP contribution in [0.2, 0.25) is 0 Å². The monoisotopic (exact) mass is 324 g/mol. The minimum atomic E-state index is -0.259. The molecule has 0 saturated heterocycles. The second-order valence-electron chi connectivity index (χ2n) is 7.41. The topological polar surface area (TPSA) is 80.1 Å². The van der Waals surface area contributed by atoms with Crippen molar-refractivity contribution >= 4 is 17.4 Å². The van der Waals surface area contributed by atoms with Crippen molar-refractivity contribution in [2.24, 2.45) is 5.41 Å². The van der Waals surface area contributed by atoms with Crippen LogP contribution in [0.15, 0.2) is 40.2 Å². The molecule has 0 unspecified atom stereocenters. The molecule has 1 atom stereocenters. The lowest BCUT2D eigenvalue weighted by Gasteiger charge is -2.34. The molecule has 0 radical (unpaired) electrons. The number of carbonyl (C=O) groups excluding carboxylic acids is 1. The first kappa shape index (κ1) is 14.9. The number of benzene rings is 1. The van der Waals surface area contributed by atoms with Crippen molar-refractivity contribution in [2.75, 3.05) is 10.6 Å². The molecule has 6 nitrogen and oxygen atoms in total. The van der Waals surface area contributed by atoms with Gasteiger partial charge in [0.25, 0.3) is 0 Å². The molecule has 1 aromatic carbocycles. The highest BCUT2D eigenvalue weighted by atomic mass is 16.6. The van der Waals surface area contributed by atoms with Crippen LogP contribution >= 0.6 is 0 Å². The summed E-state index contributed by atoms with van der Waals surface area (Å²) in [5, 5.41) is 14.4. The fourth-order valence-electron chi connectivity index (χ4n) is 3.51. The van der Waals surface area contributed by atoms with Crippen molar-refractivity contribution < 1.29 is 9.42 Å². The molecule has 2 heterocycles. The van der Waals surface area contributed by atoms with E-state index in [1.807, 2.05) is 19.1 Å². The maximum Gasteiger partial charge on any atom is 0.219 e. The highest BCUT2D eigenvalue weighted by Gasteiger charge is 2.39. The number of nitrogens with one attached hydrogen (secondary N) is 2. The van der Waals surface area contributed by atoms with Crippen molar-refractivity contribution in [2.45, 2.75) is 39.7 Å². The number of hydrogen-bond acceptors (Lipinski definition) is 6. The molecule has 1 aliphatic carbocycles. The molecule has 1 aromatic heterocycles. The number of ketones is 1. The average molecular weight is 324 g/mol. The molecule has 0 fully saturated rings. The van der Waals surface area contributed by atoms with Crippen LogP contribution in [0.4, 0.5) is 11.6 Å². The van der Waals surface area contributed by atoms with Crippen molar-refractivity contribution in [1.29, 1.82) is 0 Å². The third kappa shape index (κ3) is 2.48. The summed E-state index contributed by atoms with van der Waals surface area (Å²) in [6.45, 7) is 6.26. The first-order chi connectivity index (χ1) is 11.4. The van der Waals surface area contributed by atoms with Crippen molar-refractivity contribution in [3.05, 3.63) is 46.7 Å². The average Bonchev–Trinajstić information content (AvgIpc) is 2.86. The molecular formula is C18H20N4O2. The first-order valence-electron chi connectivity index (χ1n) is 8.12. The second-order valence-corrected chi connectivity index (χ2v) is 7.41. The fraction of sp³-hybridized carbons (Fsp3) is 0.389. The Morgan fingerprint density at radius 3 is 2.58 bits per heavy atom. The summed E-state index contributed by atoms with van der Waals surface area (Å²) < 4.78 is 4.85. The molecule has 4 rings (SSSR count). The van der Waals surface area contributed by atoms with E-state index in [1.54, 1.807) is 0 Å². The number of hydrogen-bond donors (Lipinski definition) is 2. The van der Waals surface area contributed by atoms with Crippen LogP contribution < -0.4 is 10.6 Å². The molecule has 0 amide bonds. The van der Waals surface area contributed by atoms with Gasteiger partial charge in [0.15, 0.2) is 5.78 Å². The molecule has 6 heteroatoms. The van der Waals surface area contributed by atoms with Crippen LogP contribution in [0.5, 0.6) is 0 Å². The Kier molecular flexibility index (Phi) is 3.23. The van der Waals surface area contributed by atoms with Gasteiger partial charge in [0.05, 0.1) is 6.04 Å². The van der Waals surface area contributed by atoms with E-state index in [0.29, 0.717) is 18.1 Å². The van der Waals surface area contributed by atoms with E-state index in [4.69, 9.17) is 4.63 Å². The van der Waals surface area contributed by atoms with E-state index >= 15 is 0 Å². The minimum Gasteiger partial charge on any atom is -0.353 e. The molecule has 124 valence electrons. The van der Waals surface area contributed by atoms with Gasteiger partial charge < -0.3 is 10.6 Å². The highest BCUT2D eigenvalue weighted by molar-refractivity contribution is 6.00. The van der Waals surface area contributed by atoms with E-state index in [9.17, 15) is 4.79 Å². The maximum atomic E-state index is 12.9. The van der Waals surface area contributed by atoms with Gasteiger partial charge in [-0.05, 0) is 34.6 Å². The number of fused-ring (bicyclic) bond motifs is 1. The zero-order chi connectivity index (χ0) is 16.9. The summed E-state index contributed by atoms with van der Waals surface area (Å²) in [6.07, 6.45) is 1.32. The molecular weight excluding hydrogens is 304 g/mol. The van der Waals surface area contributed by atoms with Gasteiger partial charge in [0.2, 0.25) is 11.6 Å². The first-order valence-corrected chi connectivity index (χ1v) is 8.12. The third-order valence-electron chi connectivity index (χ3n) is 4.66. The van der Waals surface area contributed by atoms with Gasteiger partial charge in [0.1, 0.15) is 0 Å². The largest absolute Gasteiger partial charge is 0.353 e. The molecule has 0 spiro atoms. The number of allylic oxidation sites excluding steroid dienone is 1. The van der Waals surface area contributed by atoms with E-state index in [1.165, 1.54) is 5.56 Å². The third-order valence-corrected chi connectivity index (χ3v) is 4.66. The Bertz CT molecular complexity index is 833. The van der Waals surface area contributed by atoms with Crippen molar-refractivity contribution in [3.63, 3.8) is 0 Å². The van der Waals surface area contributed by atoms with Crippen molar-refractivity contribution in [3.8, 4) is 0 Å². The minimum absolute atomic E-state index is 0.0809. The number of carbonyl (C=O) groups is 1. The van der Waals surface area contributed by atoms with Crippen LogP contribution in [0.1, 0.15) is 43.9 Å². The lowest BCUT2D eigenvalue weighted by Crippen LogP contribution is -2.31. The molecule has 1 aliphatic heterocycles. The summed E-state index contributed by atoms with van der Waals surface area (Å²) in [5.74, 6) is 1.22. The van der Waals surface area contributed by atoms with Gasteiger partial charge >= 0.3 is 0 Å². The van der Waals surface area contributed by atoms with E-state index < -0.39 is 0 Å². The van der Waals surface area contributed by atoms with Crippen LogP contribution in [0, 0.1) is 12.3 Å². The zero-order valence-electron chi connectivity index (χ0n) is 14.0. The lowest BCUT2D eigenvalue weighted by atomic mass is 9.73. The molecule has 24 heavy (non-hydrogen) atoms. The smallest absolute Gasteiger partial charge is 0.219 e. The van der Waals surface area contributed by atoms with Crippen LogP contribution in [-0.2, 0) is 4.79 Å². The predicted molar refractivity (Wildman–Crippen MR) is 90.5 cm³/mol. The summed E-state index contributed by atoms with van der Waals surface area (Å²) >= 11 is 0. The summed E-state index contributed by atoms with van der Waals surface area (Å²) in [7, 11) is 0. The Labute approximate surface area is 140 Å². The number of aromatic nitrogens is 2. The number of anilines is 2. The van der Waals surface area contributed by atoms with Gasteiger partial charge in [-0.15, -0.1) is 0 Å². The van der Waals surface area contributed by atoms with Crippen LogP contribution in [0.25, 0.3) is 0 Å². The Balaban J connectivity index is 1.86. The summed E-state index contributed by atoms with van der Waals surface area (Å²) in [4.78, 5) is 12.9. The highest BCUT2D eigenvalue weighted by Crippen LogP contribution is 2.44. The van der Waals surface area contributed by atoms with Crippen molar-refractivity contribution in [1.82, 2.24) is 10.3 Å². The Morgan fingerprint density at radius 2 is 1.83 bits per heavy atom. The molecule has 2 aliphatic rings. The van der Waals surface area contributed by atoms with Gasteiger partial charge in [0, 0.05) is 17.7 Å². The molecule has 0 bridgehead atoms. The quantitative estimate of drug-likeness (QED) is 0.834. The number of nitrogens with zero attached hydrogens (tertiary/aromatic N) is 2. The second kappa shape index (κ2) is 5.19. The molecule has 2 N–H and O–H groups in total. The van der Waals surface area contributed by atoms with Crippen LogP contribution in [-0.4, -0.2) is 16.1 Å². The summed E-state index contributed by atoms with van der Waals surface area (Å²) in [6, 6.07) is 7.93. The standard InChI is InChI=1S/C18H20N4O2/c1-10-4-6-11(7-5-10)15-14-12(8-18(2,3)9-13(14)23)19-16-17(20-15)22-24-21-16/h4-7,15H,8-9H2,1-3H3,(H,19,21)(H,20,22)/t15-/m1/s1. The number of Topliss-reactive ketones (excluding diaryl/α,β-unsaturated/α-hetero) is 1. The van der Waals surface area contributed by atoms with Crippen LogP contribution in [0.3, 0.4) is 0 Å². The fourth-order valence-corrected chi connectivity index (χ4v) is 3.51.